The molecule has 27 heavy (non-hydrogen) atoms. The minimum Gasteiger partial charge on any atom is -0.370 e. The summed E-state index contributed by atoms with van der Waals surface area (Å²) in [5.74, 6) is -0.281. The molecule has 2 saturated heterocycles. The van der Waals surface area contributed by atoms with Crippen LogP contribution in [0.1, 0.15) is 37.7 Å². The summed E-state index contributed by atoms with van der Waals surface area (Å²) in [5.41, 5.74) is 6.44. The van der Waals surface area contributed by atoms with E-state index in [2.05, 4.69) is 32.2 Å². The minimum atomic E-state index is -0.376. The molecule has 7 nitrogen and oxygen atoms in total. The summed E-state index contributed by atoms with van der Waals surface area (Å²) in [6, 6.07) is 4.73. The molecule has 0 radical (unpaired) electrons. The first kappa shape index (κ1) is 19.8. The predicted molar refractivity (Wildman–Crippen MR) is 104 cm³/mol. The number of primary amides is 1. The van der Waals surface area contributed by atoms with Crippen LogP contribution in [0.25, 0.3) is 0 Å². The maximum atomic E-state index is 12.4. The Morgan fingerprint density at radius 2 is 1.89 bits per heavy atom. The zero-order valence-electron chi connectivity index (χ0n) is 16.0. The Balaban J connectivity index is 1.42. The molecule has 148 valence electrons. The van der Waals surface area contributed by atoms with Crippen LogP contribution in [-0.4, -0.2) is 65.4 Å². The number of nitrogens with one attached hydrogen (secondary N) is 1. The van der Waals surface area contributed by atoms with Crippen molar-refractivity contribution >= 4 is 11.8 Å². The smallest absolute Gasteiger partial charge is 0.224 e. The Morgan fingerprint density at radius 3 is 2.59 bits per heavy atom. The Kier molecular flexibility index (Phi) is 7.18. The molecular formula is C20H31N5O2. The van der Waals surface area contributed by atoms with Crippen molar-refractivity contribution in [3.63, 3.8) is 0 Å². The van der Waals surface area contributed by atoms with Crippen molar-refractivity contribution in [3.05, 3.63) is 30.1 Å². The fraction of sp³-hybridized carbons (Fsp3) is 0.650. The molecule has 0 spiro atoms. The van der Waals surface area contributed by atoms with Crippen LogP contribution in [0, 0.1) is 5.92 Å². The lowest BCUT2D eigenvalue weighted by molar-refractivity contribution is -0.127. The molecule has 0 saturated carbocycles. The van der Waals surface area contributed by atoms with Gasteiger partial charge < -0.3 is 11.1 Å². The summed E-state index contributed by atoms with van der Waals surface area (Å²) < 4.78 is 0. The van der Waals surface area contributed by atoms with E-state index in [1.54, 1.807) is 0 Å². The first-order valence-electron chi connectivity index (χ1n) is 10.0. The maximum Gasteiger partial charge on any atom is 0.224 e. The number of carbonyl (C=O) groups is 2. The van der Waals surface area contributed by atoms with Crippen LogP contribution in [0.4, 0.5) is 0 Å². The van der Waals surface area contributed by atoms with Crippen LogP contribution in [-0.2, 0) is 16.1 Å². The number of nitrogens with two attached hydrogens (primary N) is 1. The molecular weight excluding hydrogens is 342 g/mol. The number of carbonyl (C=O) groups excluding carboxylic acids is 2. The fourth-order valence-corrected chi connectivity index (χ4v) is 4.19. The van der Waals surface area contributed by atoms with Gasteiger partial charge in [0.05, 0.1) is 5.92 Å². The van der Waals surface area contributed by atoms with Gasteiger partial charge in [-0.1, -0.05) is 0 Å². The van der Waals surface area contributed by atoms with E-state index in [-0.39, 0.29) is 24.2 Å². The van der Waals surface area contributed by atoms with E-state index < -0.39 is 0 Å². The van der Waals surface area contributed by atoms with Crippen molar-refractivity contribution in [1.82, 2.24) is 20.1 Å². The Labute approximate surface area is 161 Å². The summed E-state index contributed by atoms with van der Waals surface area (Å²) in [6.45, 7) is 5.44. The molecule has 2 aliphatic rings. The predicted octanol–water partition coefficient (Wildman–Crippen LogP) is 0.750. The van der Waals surface area contributed by atoms with Gasteiger partial charge in [-0.15, -0.1) is 0 Å². The van der Waals surface area contributed by atoms with Crippen LogP contribution in [0.2, 0.25) is 0 Å². The average Bonchev–Trinajstić information content (AvgIpc) is 2.69. The molecule has 0 aromatic carbocycles. The average molecular weight is 374 g/mol. The summed E-state index contributed by atoms with van der Waals surface area (Å²) in [4.78, 5) is 32.3. The Hall–Kier alpha value is -1.99. The van der Waals surface area contributed by atoms with Crippen LogP contribution in [0.15, 0.2) is 24.5 Å². The lowest BCUT2D eigenvalue weighted by Gasteiger charge is -2.42. The van der Waals surface area contributed by atoms with Gasteiger partial charge in [-0.05, 0) is 63.0 Å². The lowest BCUT2D eigenvalue weighted by atomic mass is 9.93. The van der Waals surface area contributed by atoms with E-state index in [1.807, 2.05) is 12.4 Å². The van der Waals surface area contributed by atoms with Gasteiger partial charge >= 0.3 is 0 Å². The third-order valence-corrected chi connectivity index (χ3v) is 5.72. The number of pyridine rings is 1. The SMILES string of the molecule is NC(=O)CCNC(=O)[C@@H]1CCCN(C2CCN(Cc3ccncc3)CC2)C1. The number of rotatable bonds is 7. The molecule has 2 amide bonds. The molecule has 0 unspecified atom stereocenters. The van der Waals surface area contributed by atoms with Gasteiger partial charge in [0.25, 0.3) is 0 Å². The molecule has 1 aromatic rings. The lowest BCUT2D eigenvalue weighted by Crippen LogP contribution is -2.50. The van der Waals surface area contributed by atoms with Crippen molar-refractivity contribution < 1.29 is 9.59 Å². The molecule has 7 heteroatoms. The number of aromatic nitrogens is 1. The van der Waals surface area contributed by atoms with Crippen molar-refractivity contribution in [2.24, 2.45) is 11.7 Å². The second kappa shape index (κ2) is 9.80. The van der Waals surface area contributed by atoms with Crippen molar-refractivity contribution in [1.29, 1.82) is 0 Å². The normalized spacial score (nSPS) is 22.4. The van der Waals surface area contributed by atoms with Crippen LogP contribution < -0.4 is 11.1 Å². The van der Waals surface area contributed by atoms with E-state index in [0.29, 0.717) is 12.6 Å². The summed E-state index contributed by atoms with van der Waals surface area (Å²) in [5, 5.41) is 2.86. The monoisotopic (exact) mass is 373 g/mol. The zero-order chi connectivity index (χ0) is 19.1. The fourth-order valence-electron chi connectivity index (χ4n) is 4.19. The Bertz CT molecular complexity index is 616. The number of likely N-dealkylation sites (tertiary alicyclic amines) is 2. The molecule has 2 fully saturated rings. The highest BCUT2D eigenvalue weighted by atomic mass is 16.2. The van der Waals surface area contributed by atoms with Crippen molar-refractivity contribution in [2.75, 3.05) is 32.7 Å². The summed E-state index contributed by atoms with van der Waals surface area (Å²) in [7, 11) is 0. The van der Waals surface area contributed by atoms with E-state index >= 15 is 0 Å². The van der Waals surface area contributed by atoms with Gasteiger partial charge in [0.15, 0.2) is 0 Å². The standard InChI is InChI=1S/C20H31N5O2/c21-19(26)5-10-23-20(27)17-2-1-11-25(15-17)18-6-12-24(13-7-18)14-16-3-8-22-9-4-16/h3-4,8-9,17-18H,1-2,5-7,10-15H2,(H2,21,26)(H,23,27)/t17-/m1/s1. The largest absolute Gasteiger partial charge is 0.370 e. The number of amides is 2. The highest BCUT2D eigenvalue weighted by Crippen LogP contribution is 2.24. The molecule has 0 aliphatic carbocycles. The van der Waals surface area contributed by atoms with E-state index in [1.165, 1.54) is 5.56 Å². The number of hydrogen-bond acceptors (Lipinski definition) is 5. The highest BCUT2D eigenvalue weighted by molar-refractivity contribution is 5.80. The molecule has 3 heterocycles. The van der Waals surface area contributed by atoms with Gasteiger partial charge in [0, 0.05) is 44.5 Å². The third-order valence-electron chi connectivity index (χ3n) is 5.72. The number of piperidine rings is 2. The van der Waals surface area contributed by atoms with Gasteiger partial charge in [-0.2, -0.15) is 0 Å². The molecule has 2 aliphatic heterocycles. The second-order valence-corrected chi connectivity index (χ2v) is 7.70. The first-order chi connectivity index (χ1) is 13.1. The van der Waals surface area contributed by atoms with Crippen LogP contribution >= 0.6 is 0 Å². The maximum absolute atomic E-state index is 12.4. The van der Waals surface area contributed by atoms with Crippen molar-refractivity contribution in [3.8, 4) is 0 Å². The molecule has 1 aromatic heterocycles. The number of nitrogens with zero attached hydrogens (tertiary/aromatic N) is 3. The molecule has 1 atom stereocenters. The van der Waals surface area contributed by atoms with E-state index in [4.69, 9.17) is 5.73 Å². The third kappa shape index (κ3) is 6.01. The Morgan fingerprint density at radius 1 is 1.15 bits per heavy atom. The van der Waals surface area contributed by atoms with E-state index in [0.717, 1.165) is 58.4 Å². The minimum absolute atomic E-state index is 0.0291. The highest BCUT2D eigenvalue weighted by Gasteiger charge is 2.31. The van der Waals surface area contributed by atoms with Gasteiger partial charge in [-0.25, -0.2) is 0 Å². The van der Waals surface area contributed by atoms with Gasteiger partial charge in [0.2, 0.25) is 11.8 Å². The quantitative estimate of drug-likeness (QED) is 0.736. The first-order valence-corrected chi connectivity index (χ1v) is 10.0. The summed E-state index contributed by atoms with van der Waals surface area (Å²) in [6.07, 6.45) is 8.21. The van der Waals surface area contributed by atoms with Gasteiger partial charge in [0.1, 0.15) is 0 Å². The number of hydrogen-bond donors (Lipinski definition) is 2. The zero-order valence-corrected chi connectivity index (χ0v) is 16.0. The molecule has 3 N–H and O–H groups in total. The van der Waals surface area contributed by atoms with Crippen LogP contribution in [0.5, 0.6) is 0 Å². The summed E-state index contributed by atoms with van der Waals surface area (Å²) >= 11 is 0. The molecule has 3 rings (SSSR count). The van der Waals surface area contributed by atoms with E-state index in [9.17, 15) is 9.59 Å². The second-order valence-electron chi connectivity index (χ2n) is 7.70. The van der Waals surface area contributed by atoms with Gasteiger partial charge in [-0.3, -0.25) is 24.4 Å². The van der Waals surface area contributed by atoms with Crippen LogP contribution in [0.3, 0.4) is 0 Å². The van der Waals surface area contributed by atoms with Crippen molar-refractivity contribution in [2.45, 2.75) is 44.7 Å². The molecule has 0 bridgehead atoms. The topological polar surface area (TPSA) is 91.6 Å².